The van der Waals surface area contributed by atoms with Crippen LogP contribution in [0.25, 0.3) is 0 Å². The smallest absolute Gasteiger partial charge is 0.217 e. The summed E-state index contributed by atoms with van der Waals surface area (Å²) in [6.07, 6.45) is 3.46. The molecule has 19 heavy (non-hydrogen) atoms. The van der Waals surface area contributed by atoms with Gasteiger partial charge < -0.3 is 16.4 Å². The van der Waals surface area contributed by atoms with Crippen LogP contribution in [0.1, 0.15) is 42.9 Å². The van der Waals surface area contributed by atoms with Gasteiger partial charge in [0.25, 0.3) is 0 Å². The van der Waals surface area contributed by atoms with Crippen molar-refractivity contribution in [2.24, 2.45) is 5.73 Å². The Morgan fingerprint density at radius 1 is 1.37 bits per heavy atom. The number of nitrogens with two attached hydrogens (primary N) is 1. The molecule has 0 bridgehead atoms. The molecule has 2 rings (SSSR count). The highest BCUT2D eigenvalue weighted by Crippen LogP contribution is 2.23. The van der Waals surface area contributed by atoms with E-state index in [4.69, 9.17) is 5.73 Å². The van der Waals surface area contributed by atoms with Gasteiger partial charge in [0, 0.05) is 19.0 Å². The molecule has 0 aliphatic carbocycles. The number of amides is 1. The first-order valence-corrected chi connectivity index (χ1v) is 7.07. The van der Waals surface area contributed by atoms with E-state index < -0.39 is 0 Å². The molecule has 0 saturated carbocycles. The Kier molecular flexibility index (Phi) is 5.36. The molecular formula is C15H23N3O. The first-order chi connectivity index (χ1) is 9.27. The summed E-state index contributed by atoms with van der Waals surface area (Å²) in [6, 6.07) is 9.01. The highest BCUT2D eigenvalue weighted by Gasteiger charge is 2.16. The lowest BCUT2D eigenvalue weighted by Crippen LogP contribution is -2.24. The number of hydrogen-bond acceptors (Lipinski definition) is 3. The lowest BCUT2D eigenvalue weighted by molar-refractivity contribution is -0.118. The zero-order valence-electron chi connectivity index (χ0n) is 11.3. The standard InChI is InChI=1S/C15H23N3O/c16-15(19)7-3-4-9-18-14-8-10-17-11-12-5-1-2-6-13(12)14/h1-2,5-6,14,17-18H,3-4,7-11H2,(H2,16,19). The summed E-state index contributed by atoms with van der Waals surface area (Å²) in [5.74, 6) is -0.205. The fourth-order valence-electron chi connectivity index (χ4n) is 2.57. The van der Waals surface area contributed by atoms with Gasteiger partial charge in [-0.05, 0) is 43.5 Å². The number of rotatable bonds is 6. The van der Waals surface area contributed by atoms with Crippen LogP contribution in [-0.4, -0.2) is 19.0 Å². The second kappa shape index (κ2) is 7.26. The maximum absolute atomic E-state index is 10.7. The van der Waals surface area contributed by atoms with E-state index in [-0.39, 0.29) is 5.91 Å². The Hall–Kier alpha value is -1.39. The highest BCUT2D eigenvalue weighted by atomic mass is 16.1. The van der Waals surface area contributed by atoms with Gasteiger partial charge in [0.05, 0.1) is 0 Å². The molecule has 0 aromatic heterocycles. The Bertz CT molecular complexity index is 420. The average molecular weight is 261 g/mol. The van der Waals surface area contributed by atoms with Gasteiger partial charge in [-0.3, -0.25) is 4.79 Å². The minimum absolute atomic E-state index is 0.205. The van der Waals surface area contributed by atoms with Crippen molar-refractivity contribution in [3.8, 4) is 0 Å². The average Bonchev–Trinajstić information content (AvgIpc) is 2.61. The molecule has 1 aliphatic rings. The van der Waals surface area contributed by atoms with E-state index in [9.17, 15) is 4.79 Å². The van der Waals surface area contributed by atoms with Gasteiger partial charge in [0.15, 0.2) is 0 Å². The van der Waals surface area contributed by atoms with Crippen LogP contribution in [0.3, 0.4) is 0 Å². The summed E-state index contributed by atoms with van der Waals surface area (Å²) in [6.45, 7) is 2.93. The zero-order chi connectivity index (χ0) is 13.5. The van der Waals surface area contributed by atoms with Crippen molar-refractivity contribution in [3.63, 3.8) is 0 Å². The first-order valence-electron chi connectivity index (χ1n) is 7.07. The quantitative estimate of drug-likeness (QED) is 0.679. The van der Waals surface area contributed by atoms with Gasteiger partial charge in [0.1, 0.15) is 0 Å². The summed E-state index contributed by atoms with van der Waals surface area (Å²) in [5, 5.41) is 7.05. The molecule has 104 valence electrons. The predicted octanol–water partition coefficient (Wildman–Crippen LogP) is 1.47. The van der Waals surface area contributed by atoms with Crippen LogP contribution in [0.2, 0.25) is 0 Å². The lowest BCUT2D eigenvalue weighted by Gasteiger charge is -2.19. The van der Waals surface area contributed by atoms with Crippen LogP contribution in [0.5, 0.6) is 0 Å². The molecule has 4 N–H and O–H groups in total. The number of primary amides is 1. The predicted molar refractivity (Wildman–Crippen MR) is 76.6 cm³/mol. The largest absolute Gasteiger partial charge is 0.370 e. The van der Waals surface area contributed by atoms with Gasteiger partial charge in [-0.2, -0.15) is 0 Å². The Labute approximate surface area is 114 Å². The molecule has 0 saturated heterocycles. The molecule has 1 amide bonds. The molecule has 1 unspecified atom stereocenters. The Morgan fingerprint density at radius 3 is 3.05 bits per heavy atom. The molecule has 0 spiro atoms. The van der Waals surface area contributed by atoms with Crippen LogP contribution in [0.4, 0.5) is 0 Å². The maximum atomic E-state index is 10.7. The fourth-order valence-corrected chi connectivity index (χ4v) is 2.57. The number of hydrogen-bond donors (Lipinski definition) is 3. The summed E-state index contributed by atoms with van der Waals surface area (Å²) < 4.78 is 0. The molecule has 1 aromatic carbocycles. The normalized spacial score (nSPS) is 18.6. The van der Waals surface area contributed by atoms with Crippen LogP contribution < -0.4 is 16.4 Å². The van der Waals surface area contributed by atoms with E-state index in [1.54, 1.807) is 0 Å². The maximum Gasteiger partial charge on any atom is 0.217 e. The van der Waals surface area contributed by atoms with Gasteiger partial charge >= 0.3 is 0 Å². The Morgan fingerprint density at radius 2 is 2.21 bits per heavy atom. The molecular weight excluding hydrogens is 238 g/mol. The molecule has 4 heteroatoms. The van der Waals surface area contributed by atoms with Crippen LogP contribution >= 0.6 is 0 Å². The molecule has 1 atom stereocenters. The Balaban J connectivity index is 1.84. The number of benzene rings is 1. The van der Waals surface area contributed by atoms with E-state index in [1.165, 1.54) is 11.1 Å². The molecule has 1 heterocycles. The number of unbranched alkanes of at least 4 members (excludes halogenated alkanes) is 1. The minimum atomic E-state index is -0.205. The zero-order valence-corrected chi connectivity index (χ0v) is 11.3. The van der Waals surface area contributed by atoms with Gasteiger partial charge in [0.2, 0.25) is 5.91 Å². The van der Waals surface area contributed by atoms with Crippen molar-refractivity contribution in [3.05, 3.63) is 35.4 Å². The summed E-state index contributed by atoms with van der Waals surface area (Å²) in [5.41, 5.74) is 7.92. The highest BCUT2D eigenvalue weighted by molar-refractivity contribution is 5.73. The van der Waals surface area contributed by atoms with Crippen molar-refractivity contribution in [2.75, 3.05) is 13.1 Å². The minimum Gasteiger partial charge on any atom is -0.370 e. The fraction of sp³-hybridized carbons (Fsp3) is 0.533. The van der Waals surface area contributed by atoms with Crippen molar-refractivity contribution < 1.29 is 4.79 Å². The van der Waals surface area contributed by atoms with E-state index in [1.807, 2.05) is 0 Å². The van der Waals surface area contributed by atoms with Gasteiger partial charge in [-0.1, -0.05) is 24.3 Å². The van der Waals surface area contributed by atoms with Crippen molar-refractivity contribution in [1.29, 1.82) is 0 Å². The SMILES string of the molecule is NC(=O)CCCCNC1CCNCc2ccccc21. The molecule has 1 aliphatic heterocycles. The number of fused-ring (bicyclic) bond motifs is 1. The lowest BCUT2D eigenvalue weighted by atomic mass is 9.99. The van der Waals surface area contributed by atoms with Crippen LogP contribution in [-0.2, 0) is 11.3 Å². The van der Waals surface area contributed by atoms with E-state index in [0.29, 0.717) is 12.5 Å². The molecule has 0 fully saturated rings. The number of nitrogens with one attached hydrogen (secondary N) is 2. The third kappa shape index (κ3) is 4.33. The third-order valence-electron chi connectivity index (χ3n) is 3.60. The molecule has 1 aromatic rings. The monoisotopic (exact) mass is 261 g/mol. The van der Waals surface area contributed by atoms with Crippen molar-refractivity contribution in [2.45, 2.75) is 38.3 Å². The first kappa shape index (κ1) is 14.0. The number of carbonyl (C=O) groups is 1. The van der Waals surface area contributed by atoms with E-state index >= 15 is 0 Å². The van der Waals surface area contributed by atoms with Crippen LogP contribution in [0, 0.1) is 0 Å². The van der Waals surface area contributed by atoms with Gasteiger partial charge in [-0.15, -0.1) is 0 Å². The van der Waals surface area contributed by atoms with Crippen molar-refractivity contribution in [1.82, 2.24) is 10.6 Å². The molecule has 4 nitrogen and oxygen atoms in total. The number of carbonyl (C=O) groups excluding carboxylic acids is 1. The third-order valence-corrected chi connectivity index (χ3v) is 3.60. The second-order valence-corrected chi connectivity index (χ2v) is 5.09. The van der Waals surface area contributed by atoms with Crippen LogP contribution in [0.15, 0.2) is 24.3 Å². The van der Waals surface area contributed by atoms with Gasteiger partial charge in [-0.25, -0.2) is 0 Å². The topological polar surface area (TPSA) is 67.2 Å². The molecule has 0 radical (unpaired) electrons. The summed E-state index contributed by atoms with van der Waals surface area (Å²) in [4.78, 5) is 10.7. The van der Waals surface area contributed by atoms with E-state index in [0.717, 1.165) is 38.9 Å². The second-order valence-electron chi connectivity index (χ2n) is 5.09. The van der Waals surface area contributed by atoms with E-state index in [2.05, 4.69) is 34.9 Å². The van der Waals surface area contributed by atoms with Crippen molar-refractivity contribution >= 4 is 5.91 Å². The summed E-state index contributed by atoms with van der Waals surface area (Å²) in [7, 11) is 0. The summed E-state index contributed by atoms with van der Waals surface area (Å²) >= 11 is 0.